The maximum absolute atomic E-state index is 5.49. The highest BCUT2D eigenvalue weighted by molar-refractivity contribution is 7.71. The number of aromatic amines is 1. The minimum Gasteiger partial charge on any atom is -0.346 e. The standard InChI is InChI=1S/C16H13NS/c1-11-13-9-5-6-10-14(13)17-16(18)15(11)12-7-3-2-4-8-12/h2-10H,1H3,(H,17,18). The van der Waals surface area contributed by atoms with Gasteiger partial charge in [0.15, 0.2) is 0 Å². The van der Waals surface area contributed by atoms with Crippen LogP contribution in [0.25, 0.3) is 22.0 Å². The molecule has 1 nitrogen and oxygen atoms in total. The third-order valence-corrected chi connectivity index (χ3v) is 3.55. The summed E-state index contributed by atoms with van der Waals surface area (Å²) in [5.41, 5.74) is 4.63. The van der Waals surface area contributed by atoms with E-state index in [0.717, 1.165) is 15.7 Å². The summed E-state index contributed by atoms with van der Waals surface area (Å²) >= 11 is 5.49. The molecule has 88 valence electrons. The highest BCUT2D eigenvalue weighted by Gasteiger charge is 2.07. The Morgan fingerprint density at radius 3 is 2.33 bits per heavy atom. The van der Waals surface area contributed by atoms with E-state index in [4.69, 9.17) is 12.2 Å². The number of aryl methyl sites for hydroxylation is 1. The number of nitrogens with one attached hydrogen (secondary N) is 1. The Labute approximate surface area is 111 Å². The maximum Gasteiger partial charge on any atom is 0.111 e. The van der Waals surface area contributed by atoms with Crippen molar-refractivity contribution in [2.45, 2.75) is 6.92 Å². The fraction of sp³-hybridized carbons (Fsp3) is 0.0625. The summed E-state index contributed by atoms with van der Waals surface area (Å²) in [6, 6.07) is 18.6. The van der Waals surface area contributed by atoms with E-state index in [1.165, 1.54) is 16.5 Å². The Hall–Kier alpha value is -1.93. The molecule has 18 heavy (non-hydrogen) atoms. The monoisotopic (exact) mass is 251 g/mol. The third kappa shape index (κ3) is 1.75. The molecule has 2 heteroatoms. The molecule has 1 aromatic heterocycles. The summed E-state index contributed by atoms with van der Waals surface area (Å²) in [7, 11) is 0. The second-order valence-corrected chi connectivity index (χ2v) is 4.77. The first-order chi connectivity index (χ1) is 8.77. The Balaban J connectivity index is 2.41. The van der Waals surface area contributed by atoms with Gasteiger partial charge >= 0.3 is 0 Å². The van der Waals surface area contributed by atoms with Gasteiger partial charge in [-0.25, -0.2) is 0 Å². The van der Waals surface area contributed by atoms with Crippen molar-refractivity contribution in [3.63, 3.8) is 0 Å². The molecule has 1 N–H and O–H groups in total. The van der Waals surface area contributed by atoms with Crippen LogP contribution in [-0.4, -0.2) is 4.98 Å². The van der Waals surface area contributed by atoms with Crippen molar-refractivity contribution in [2.24, 2.45) is 0 Å². The Morgan fingerprint density at radius 2 is 1.56 bits per heavy atom. The fourth-order valence-electron chi connectivity index (χ4n) is 2.36. The molecule has 0 aliphatic carbocycles. The number of pyridine rings is 1. The number of benzene rings is 2. The van der Waals surface area contributed by atoms with Crippen molar-refractivity contribution in [1.29, 1.82) is 0 Å². The van der Waals surface area contributed by atoms with Crippen molar-refractivity contribution in [2.75, 3.05) is 0 Å². The lowest BCUT2D eigenvalue weighted by Gasteiger charge is -2.10. The van der Waals surface area contributed by atoms with Crippen LogP contribution in [0.5, 0.6) is 0 Å². The van der Waals surface area contributed by atoms with Gasteiger partial charge in [-0.3, -0.25) is 0 Å². The molecular weight excluding hydrogens is 238 g/mol. The summed E-state index contributed by atoms with van der Waals surface area (Å²) in [6.07, 6.45) is 0. The van der Waals surface area contributed by atoms with Crippen molar-refractivity contribution >= 4 is 23.1 Å². The van der Waals surface area contributed by atoms with E-state index >= 15 is 0 Å². The predicted molar refractivity (Wildman–Crippen MR) is 79.3 cm³/mol. The van der Waals surface area contributed by atoms with Gasteiger partial charge in [-0.05, 0) is 24.1 Å². The zero-order valence-electron chi connectivity index (χ0n) is 10.1. The Morgan fingerprint density at radius 1 is 0.889 bits per heavy atom. The quantitative estimate of drug-likeness (QED) is 0.610. The first-order valence-corrected chi connectivity index (χ1v) is 6.35. The normalized spacial score (nSPS) is 10.7. The van der Waals surface area contributed by atoms with E-state index in [9.17, 15) is 0 Å². The average Bonchev–Trinajstić information content (AvgIpc) is 2.40. The molecule has 0 unspecified atom stereocenters. The molecule has 3 aromatic rings. The predicted octanol–water partition coefficient (Wildman–Crippen LogP) is 4.87. The molecule has 0 fully saturated rings. The summed E-state index contributed by atoms with van der Waals surface area (Å²) in [4.78, 5) is 3.31. The second kappa shape index (κ2) is 4.39. The van der Waals surface area contributed by atoms with Crippen molar-refractivity contribution < 1.29 is 0 Å². The molecule has 0 radical (unpaired) electrons. The molecule has 0 saturated heterocycles. The lowest BCUT2D eigenvalue weighted by atomic mass is 9.99. The molecule has 0 bridgehead atoms. The lowest BCUT2D eigenvalue weighted by molar-refractivity contribution is 1.34. The number of aromatic nitrogens is 1. The van der Waals surface area contributed by atoms with E-state index in [0.29, 0.717) is 0 Å². The smallest absolute Gasteiger partial charge is 0.111 e. The van der Waals surface area contributed by atoms with E-state index in [1.54, 1.807) is 0 Å². The van der Waals surface area contributed by atoms with Gasteiger partial charge < -0.3 is 4.98 Å². The Bertz CT molecular complexity index is 757. The zero-order chi connectivity index (χ0) is 12.5. The van der Waals surface area contributed by atoms with Gasteiger partial charge in [0.1, 0.15) is 4.64 Å². The molecule has 1 heterocycles. The highest BCUT2D eigenvalue weighted by Crippen LogP contribution is 2.29. The average molecular weight is 251 g/mol. The van der Waals surface area contributed by atoms with E-state index in [-0.39, 0.29) is 0 Å². The van der Waals surface area contributed by atoms with Gasteiger partial charge in [0.25, 0.3) is 0 Å². The molecule has 0 amide bonds. The number of hydrogen-bond donors (Lipinski definition) is 1. The van der Waals surface area contributed by atoms with Crippen LogP contribution < -0.4 is 0 Å². The lowest BCUT2D eigenvalue weighted by Crippen LogP contribution is -1.90. The van der Waals surface area contributed by atoms with Gasteiger partial charge in [0.2, 0.25) is 0 Å². The molecule has 0 aliphatic rings. The fourth-order valence-corrected chi connectivity index (χ4v) is 2.74. The van der Waals surface area contributed by atoms with E-state index < -0.39 is 0 Å². The summed E-state index contributed by atoms with van der Waals surface area (Å²) in [5, 5.41) is 1.23. The minimum absolute atomic E-state index is 0.803. The first-order valence-electron chi connectivity index (χ1n) is 5.94. The topological polar surface area (TPSA) is 15.8 Å². The van der Waals surface area contributed by atoms with Gasteiger partial charge in [0.05, 0.1) is 0 Å². The molecule has 0 aliphatic heterocycles. The summed E-state index contributed by atoms with van der Waals surface area (Å²) in [6.45, 7) is 2.13. The van der Waals surface area contributed by atoms with Crippen LogP contribution in [0.2, 0.25) is 0 Å². The van der Waals surface area contributed by atoms with Gasteiger partial charge in [0, 0.05) is 16.5 Å². The van der Waals surface area contributed by atoms with Crippen molar-refractivity contribution in [1.82, 2.24) is 4.98 Å². The molecule has 0 atom stereocenters. The Kier molecular flexibility index (Phi) is 2.73. The number of para-hydroxylation sites is 1. The largest absolute Gasteiger partial charge is 0.346 e. The number of hydrogen-bond acceptors (Lipinski definition) is 1. The first kappa shape index (κ1) is 11.2. The number of rotatable bonds is 1. The van der Waals surface area contributed by atoms with E-state index in [1.807, 2.05) is 24.3 Å². The van der Waals surface area contributed by atoms with Crippen LogP contribution in [0.4, 0.5) is 0 Å². The second-order valence-electron chi connectivity index (χ2n) is 4.37. The van der Waals surface area contributed by atoms with E-state index in [2.05, 4.69) is 42.2 Å². The van der Waals surface area contributed by atoms with Crippen LogP contribution in [0, 0.1) is 11.6 Å². The molecule has 2 aromatic carbocycles. The number of H-pyrrole nitrogens is 1. The van der Waals surface area contributed by atoms with Crippen LogP contribution in [0.3, 0.4) is 0 Å². The number of fused-ring (bicyclic) bond motifs is 1. The SMILES string of the molecule is Cc1c(-c2ccccc2)c(=S)[nH]c2ccccc12. The zero-order valence-corrected chi connectivity index (χ0v) is 10.9. The molecule has 0 spiro atoms. The molecule has 0 saturated carbocycles. The van der Waals surface area contributed by atoms with Crippen LogP contribution in [0.15, 0.2) is 54.6 Å². The summed E-state index contributed by atoms with van der Waals surface area (Å²) in [5.74, 6) is 0. The maximum atomic E-state index is 5.49. The van der Waals surface area contributed by atoms with Gasteiger partial charge in [-0.1, -0.05) is 60.7 Å². The van der Waals surface area contributed by atoms with Crippen molar-refractivity contribution in [3.05, 3.63) is 64.8 Å². The van der Waals surface area contributed by atoms with Gasteiger partial charge in [-0.2, -0.15) is 0 Å². The van der Waals surface area contributed by atoms with Crippen molar-refractivity contribution in [3.8, 4) is 11.1 Å². The minimum atomic E-state index is 0.803. The highest BCUT2D eigenvalue weighted by atomic mass is 32.1. The van der Waals surface area contributed by atoms with Crippen LogP contribution in [0.1, 0.15) is 5.56 Å². The van der Waals surface area contributed by atoms with Gasteiger partial charge in [-0.15, -0.1) is 0 Å². The van der Waals surface area contributed by atoms with Crippen LogP contribution >= 0.6 is 12.2 Å². The molecule has 3 rings (SSSR count). The summed E-state index contributed by atoms with van der Waals surface area (Å²) < 4.78 is 0.803. The van der Waals surface area contributed by atoms with Crippen LogP contribution in [-0.2, 0) is 0 Å². The molecular formula is C16H13NS. The third-order valence-electron chi connectivity index (χ3n) is 3.24.